The molecule has 0 radical (unpaired) electrons. The van der Waals surface area contributed by atoms with Crippen molar-refractivity contribution in [2.45, 2.75) is 16.7 Å². The van der Waals surface area contributed by atoms with Gasteiger partial charge in [-0.3, -0.25) is 14.3 Å². The summed E-state index contributed by atoms with van der Waals surface area (Å²) in [5.41, 5.74) is 0.454. The Balaban J connectivity index is 2.41. The lowest BCUT2D eigenvalue weighted by molar-refractivity contribution is -0.108. The van der Waals surface area contributed by atoms with Gasteiger partial charge in [-0.15, -0.1) is 0 Å². The van der Waals surface area contributed by atoms with E-state index in [9.17, 15) is 26.4 Å². The maximum atomic E-state index is 12.4. The van der Waals surface area contributed by atoms with Gasteiger partial charge in [-0.2, -0.15) is 0 Å². The van der Waals surface area contributed by atoms with Crippen molar-refractivity contribution in [3.63, 3.8) is 0 Å². The van der Waals surface area contributed by atoms with Crippen molar-refractivity contribution in [2.24, 2.45) is 0 Å². The first-order valence-electron chi connectivity index (χ1n) is 6.85. The average molecular weight is 382 g/mol. The van der Waals surface area contributed by atoms with E-state index < -0.39 is 35.7 Å². The highest BCUT2D eigenvalue weighted by atomic mass is 32.2. The van der Waals surface area contributed by atoms with Crippen molar-refractivity contribution in [1.29, 1.82) is 0 Å². The van der Waals surface area contributed by atoms with E-state index in [4.69, 9.17) is 0 Å². The molecule has 132 valence electrons. The maximum Gasteiger partial charge on any atom is 0.264 e. The van der Waals surface area contributed by atoms with Gasteiger partial charge < -0.3 is 0 Å². The van der Waals surface area contributed by atoms with Crippen LogP contribution in [0.25, 0.3) is 0 Å². The predicted octanol–water partition coefficient (Wildman–Crippen LogP) is 0.548. The first-order chi connectivity index (χ1) is 11.7. The molecule has 0 atom stereocenters. The molecule has 0 bridgehead atoms. The van der Waals surface area contributed by atoms with Gasteiger partial charge >= 0.3 is 0 Å². The fourth-order valence-electron chi connectivity index (χ4n) is 1.99. The normalized spacial score (nSPS) is 11.6. The van der Waals surface area contributed by atoms with Crippen LogP contribution in [0, 0.1) is 6.92 Å². The van der Waals surface area contributed by atoms with Gasteiger partial charge in [0.05, 0.1) is 9.79 Å². The van der Waals surface area contributed by atoms with E-state index in [1.165, 1.54) is 31.2 Å². The van der Waals surface area contributed by atoms with Crippen LogP contribution in [-0.4, -0.2) is 29.2 Å². The largest absolute Gasteiger partial charge is 0.278 e. The zero-order valence-electron chi connectivity index (χ0n) is 13.0. The van der Waals surface area contributed by atoms with Gasteiger partial charge in [0.1, 0.15) is 0 Å². The highest BCUT2D eigenvalue weighted by Gasteiger charge is 2.22. The second kappa shape index (κ2) is 7.03. The molecule has 2 amide bonds. The van der Waals surface area contributed by atoms with E-state index in [1.54, 1.807) is 22.9 Å². The third-order valence-electron chi connectivity index (χ3n) is 3.11. The van der Waals surface area contributed by atoms with E-state index in [0.717, 1.165) is 6.07 Å². The molecule has 0 aromatic heterocycles. The van der Waals surface area contributed by atoms with Gasteiger partial charge in [-0.1, -0.05) is 18.2 Å². The van der Waals surface area contributed by atoms with Gasteiger partial charge in [0.15, 0.2) is 0 Å². The summed E-state index contributed by atoms with van der Waals surface area (Å²) < 4.78 is 52.0. The molecular formula is C15H14N2O6S2. The molecule has 0 aliphatic rings. The molecule has 0 unspecified atom stereocenters. The van der Waals surface area contributed by atoms with Crippen molar-refractivity contribution in [2.75, 3.05) is 0 Å². The number of sulfonamides is 2. The Bertz CT molecular complexity index is 1020. The summed E-state index contributed by atoms with van der Waals surface area (Å²) >= 11 is 0. The van der Waals surface area contributed by atoms with Crippen LogP contribution in [0.15, 0.2) is 58.3 Å². The Labute approximate surface area is 145 Å². The smallest absolute Gasteiger partial charge is 0.264 e. The second-order valence-corrected chi connectivity index (χ2v) is 8.42. The lowest BCUT2D eigenvalue weighted by atomic mass is 10.2. The highest BCUT2D eigenvalue weighted by Crippen LogP contribution is 2.19. The van der Waals surface area contributed by atoms with E-state index in [2.05, 4.69) is 0 Å². The summed E-state index contributed by atoms with van der Waals surface area (Å²) in [5.74, 6) is -0.850. The number of amides is 2. The predicted molar refractivity (Wildman–Crippen MR) is 88.7 cm³/mol. The summed E-state index contributed by atoms with van der Waals surface area (Å²) in [6, 6.07) is 11.0. The minimum Gasteiger partial charge on any atom is -0.278 e. The quantitative estimate of drug-likeness (QED) is 0.703. The topological polar surface area (TPSA) is 126 Å². The Hall–Kier alpha value is -2.72. The third-order valence-corrected chi connectivity index (χ3v) is 5.68. The summed E-state index contributed by atoms with van der Waals surface area (Å²) in [5, 5.41) is 0. The number of rotatable bonds is 6. The van der Waals surface area contributed by atoms with Gasteiger partial charge in [-0.05, 0) is 42.8 Å². The third kappa shape index (κ3) is 4.43. The zero-order chi connectivity index (χ0) is 18.7. The zero-order valence-corrected chi connectivity index (χ0v) is 14.6. The average Bonchev–Trinajstić information content (AvgIpc) is 2.54. The van der Waals surface area contributed by atoms with Gasteiger partial charge in [-0.25, -0.2) is 21.6 Å². The van der Waals surface area contributed by atoms with Crippen LogP contribution < -0.4 is 9.44 Å². The Morgan fingerprint density at radius 2 is 1.48 bits per heavy atom. The lowest BCUT2D eigenvalue weighted by Crippen LogP contribution is -2.31. The number of carbonyl (C=O) groups excluding carboxylic acids is 2. The van der Waals surface area contributed by atoms with Crippen LogP contribution in [0.3, 0.4) is 0 Å². The maximum absolute atomic E-state index is 12.4. The standard InChI is InChI=1S/C15H14N2O6S2/c1-11-7-13(24(20,21)16-10-18)9-14(8-11)25(22,23)17-15(19)12-5-3-2-4-6-12/h2-10H,1H3,(H,16,18)(H,17,19). The number of carbonyl (C=O) groups is 2. The number of hydrogen-bond acceptors (Lipinski definition) is 6. The van der Waals surface area contributed by atoms with Crippen molar-refractivity contribution < 1.29 is 26.4 Å². The van der Waals surface area contributed by atoms with Gasteiger partial charge in [0.2, 0.25) is 6.41 Å². The minimum atomic E-state index is -4.31. The fourth-order valence-corrected chi connectivity index (χ4v) is 4.05. The van der Waals surface area contributed by atoms with Crippen molar-refractivity contribution in [1.82, 2.24) is 9.44 Å². The summed E-state index contributed by atoms with van der Waals surface area (Å²) in [6.45, 7) is 1.48. The number of hydrogen-bond donors (Lipinski definition) is 2. The molecule has 0 saturated heterocycles. The van der Waals surface area contributed by atoms with Crippen LogP contribution >= 0.6 is 0 Å². The Kier molecular flexibility index (Phi) is 5.24. The summed E-state index contributed by atoms with van der Waals surface area (Å²) in [6.07, 6.45) is -0.0248. The van der Waals surface area contributed by atoms with E-state index in [0.29, 0.717) is 5.56 Å². The van der Waals surface area contributed by atoms with E-state index >= 15 is 0 Å². The first-order valence-corrected chi connectivity index (χ1v) is 9.82. The van der Waals surface area contributed by atoms with Crippen molar-refractivity contribution in [3.8, 4) is 0 Å². The Morgan fingerprint density at radius 1 is 0.920 bits per heavy atom. The molecule has 0 heterocycles. The van der Waals surface area contributed by atoms with Crippen molar-refractivity contribution >= 4 is 32.4 Å². The van der Waals surface area contributed by atoms with Gasteiger partial charge in [0, 0.05) is 5.56 Å². The lowest BCUT2D eigenvalue weighted by Gasteiger charge is -2.10. The molecule has 0 spiro atoms. The molecule has 2 aromatic rings. The van der Waals surface area contributed by atoms with E-state index in [1.807, 2.05) is 4.72 Å². The molecule has 0 aliphatic heterocycles. The Morgan fingerprint density at radius 3 is 2.04 bits per heavy atom. The van der Waals surface area contributed by atoms with Crippen LogP contribution in [-0.2, 0) is 24.8 Å². The SMILES string of the molecule is Cc1cc(S(=O)(=O)NC=O)cc(S(=O)(=O)NC(=O)c2ccccc2)c1. The minimum absolute atomic E-state index is 0.0248. The van der Waals surface area contributed by atoms with Crippen LogP contribution in [0.2, 0.25) is 0 Å². The van der Waals surface area contributed by atoms with Crippen LogP contribution in [0.1, 0.15) is 15.9 Å². The molecule has 8 nitrogen and oxygen atoms in total. The second-order valence-electron chi connectivity index (χ2n) is 5.02. The summed E-state index contributed by atoms with van der Waals surface area (Å²) in [4.78, 5) is 21.6. The molecule has 0 fully saturated rings. The van der Waals surface area contributed by atoms with E-state index in [-0.39, 0.29) is 12.0 Å². The monoisotopic (exact) mass is 382 g/mol. The van der Waals surface area contributed by atoms with Gasteiger partial charge in [0.25, 0.3) is 26.0 Å². The van der Waals surface area contributed by atoms with Crippen LogP contribution in [0.4, 0.5) is 0 Å². The molecule has 25 heavy (non-hydrogen) atoms. The summed E-state index contributed by atoms with van der Waals surface area (Å²) in [7, 11) is -8.50. The highest BCUT2D eigenvalue weighted by molar-refractivity contribution is 7.90. The molecular weight excluding hydrogens is 368 g/mol. The molecule has 10 heteroatoms. The van der Waals surface area contributed by atoms with Crippen LogP contribution in [0.5, 0.6) is 0 Å². The number of aryl methyl sites for hydroxylation is 1. The number of benzene rings is 2. The van der Waals surface area contributed by atoms with Crippen molar-refractivity contribution in [3.05, 3.63) is 59.7 Å². The fraction of sp³-hybridized carbons (Fsp3) is 0.0667. The molecule has 2 N–H and O–H groups in total. The number of nitrogens with one attached hydrogen (secondary N) is 2. The molecule has 0 saturated carbocycles. The molecule has 2 rings (SSSR count). The molecule has 2 aromatic carbocycles. The first kappa shape index (κ1) is 18.6. The molecule has 0 aliphatic carbocycles.